The van der Waals surface area contributed by atoms with Crippen molar-refractivity contribution in [2.24, 2.45) is 0 Å². The van der Waals surface area contributed by atoms with E-state index in [1.165, 1.54) is 0 Å². The minimum Gasteiger partial charge on any atom is -0.478 e. The smallest absolute Gasteiger partial charge is 0.478 e. The lowest BCUT2D eigenvalue weighted by atomic mass is 9.81. The van der Waals surface area contributed by atoms with E-state index >= 15 is 0 Å². The van der Waals surface area contributed by atoms with Crippen molar-refractivity contribution in [2.45, 2.75) is 0 Å². The van der Waals surface area contributed by atoms with Gasteiger partial charge in [0.15, 0.2) is 0 Å². The van der Waals surface area contributed by atoms with E-state index in [1.807, 2.05) is 6.07 Å². The van der Waals surface area contributed by atoms with Crippen molar-refractivity contribution >= 4 is 30.2 Å². The first-order valence-electron chi connectivity index (χ1n) is 6.39. The Bertz CT molecular complexity index is 672. The number of carboxylic acids is 2. The number of nitro benzene ring substituents is 1. The second kappa shape index (κ2) is 11.3. The summed E-state index contributed by atoms with van der Waals surface area (Å²) < 4.78 is 0. The van der Waals surface area contributed by atoms with Crippen LogP contribution in [0, 0.1) is 10.1 Å². The molecular weight excluding hydrogens is 353 g/mol. The van der Waals surface area contributed by atoms with Gasteiger partial charge in [0.05, 0.1) is 16.1 Å². The quantitative estimate of drug-likeness (QED) is 0.287. The van der Waals surface area contributed by atoms with Crippen molar-refractivity contribution in [2.75, 3.05) is 0 Å². The normalized spacial score (nSPS) is 8.69. The molecular formula is C14H16BNO10. The molecule has 26 heavy (non-hydrogen) atoms. The van der Waals surface area contributed by atoms with Gasteiger partial charge in [0.1, 0.15) is 0 Å². The predicted molar refractivity (Wildman–Crippen MR) is 90.5 cm³/mol. The van der Waals surface area contributed by atoms with E-state index in [4.69, 9.17) is 20.3 Å². The van der Waals surface area contributed by atoms with Crippen LogP contribution in [0.25, 0.3) is 0 Å². The fraction of sp³-hybridized carbons (Fsp3) is 0. The van der Waals surface area contributed by atoms with Crippen molar-refractivity contribution in [1.82, 2.24) is 0 Å². The Kier molecular flexibility index (Phi) is 10.8. The van der Waals surface area contributed by atoms with Crippen LogP contribution >= 0.6 is 0 Å². The topological polar surface area (TPSA) is 221 Å². The van der Waals surface area contributed by atoms with Crippen LogP contribution in [-0.2, 0) is 0 Å². The largest absolute Gasteiger partial charge is 0.488 e. The highest BCUT2D eigenvalue weighted by Gasteiger charge is 2.16. The maximum atomic E-state index is 10.5. The summed E-state index contributed by atoms with van der Waals surface area (Å²) in [4.78, 5) is 30.6. The summed E-state index contributed by atoms with van der Waals surface area (Å²) in [6.07, 6.45) is 0. The summed E-state index contributed by atoms with van der Waals surface area (Å²) in [5, 5.41) is 44.7. The molecule has 11 nitrogen and oxygen atoms in total. The van der Waals surface area contributed by atoms with E-state index in [0.29, 0.717) is 5.46 Å². The first kappa shape index (κ1) is 24.9. The number of carboxylic acid groups (broad SMARTS) is 2. The molecule has 0 radical (unpaired) electrons. The molecule has 12 heteroatoms. The van der Waals surface area contributed by atoms with E-state index in [1.54, 1.807) is 24.3 Å². The van der Waals surface area contributed by atoms with Gasteiger partial charge in [-0.3, -0.25) is 10.1 Å². The summed E-state index contributed by atoms with van der Waals surface area (Å²) in [6, 6.07) is 11.1. The number of carbonyl (C=O) groups is 2. The number of rotatable bonds is 4. The SMILES string of the molecule is O.O.O=C(O)c1cc(C(=O)O)cc([N+](=O)[O-])c1.OB(O)c1ccccc1. The Hall–Kier alpha value is -3.32. The predicted octanol–water partition coefficient (Wildman–Crippen LogP) is -1.29. The molecule has 0 spiro atoms. The van der Waals surface area contributed by atoms with Crippen LogP contribution in [0.1, 0.15) is 20.7 Å². The van der Waals surface area contributed by atoms with Gasteiger partial charge in [-0.05, 0) is 11.5 Å². The van der Waals surface area contributed by atoms with Crippen molar-refractivity contribution in [3.63, 3.8) is 0 Å². The number of nitro groups is 1. The third-order valence-electron chi connectivity index (χ3n) is 2.72. The van der Waals surface area contributed by atoms with Crippen LogP contribution in [0.15, 0.2) is 48.5 Å². The lowest BCUT2D eigenvalue weighted by Crippen LogP contribution is -2.29. The maximum Gasteiger partial charge on any atom is 0.488 e. The fourth-order valence-electron chi connectivity index (χ4n) is 1.59. The fourth-order valence-corrected chi connectivity index (χ4v) is 1.59. The molecule has 0 bridgehead atoms. The molecule has 0 aromatic heterocycles. The van der Waals surface area contributed by atoms with Crippen LogP contribution in [0.3, 0.4) is 0 Å². The first-order valence-corrected chi connectivity index (χ1v) is 6.39. The Morgan fingerprint density at radius 2 is 1.31 bits per heavy atom. The van der Waals surface area contributed by atoms with E-state index in [-0.39, 0.29) is 11.0 Å². The Morgan fingerprint density at radius 3 is 1.58 bits per heavy atom. The summed E-state index contributed by atoms with van der Waals surface area (Å²) in [5.74, 6) is -2.83. The highest BCUT2D eigenvalue weighted by atomic mass is 16.6. The Morgan fingerprint density at radius 1 is 0.885 bits per heavy atom. The average Bonchev–Trinajstić information content (AvgIpc) is 2.55. The van der Waals surface area contributed by atoms with Crippen LogP contribution < -0.4 is 5.46 Å². The molecule has 140 valence electrons. The molecule has 0 fully saturated rings. The van der Waals surface area contributed by atoms with Crippen LogP contribution in [0.4, 0.5) is 5.69 Å². The maximum absolute atomic E-state index is 10.5. The lowest BCUT2D eigenvalue weighted by Gasteiger charge is -1.98. The van der Waals surface area contributed by atoms with Crippen LogP contribution in [-0.4, -0.2) is 55.2 Å². The van der Waals surface area contributed by atoms with Gasteiger partial charge in [0.25, 0.3) is 5.69 Å². The third kappa shape index (κ3) is 7.50. The molecule has 0 amide bonds. The van der Waals surface area contributed by atoms with Gasteiger partial charge in [0, 0.05) is 12.1 Å². The molecule has 0 aliphatic rings. The molecule has 2 aromatic carbocycles. The number of aromatic carboxylic acids is 2. The van der Waals surface area contributed by atoms with Crippen molar-refractivity contribution < 1.29 is 45.7 Å². The lowest BCUT2D eigenvalue weighted by molar-refractivity contribution is -0.384. The molecule has 0 aliphatic heterocycles. The molecule has 0 saturated carbocycles. The van der Waals surface area contributed by atoms with Gasteiger partial charge in [-0.2, -0.15) is 0 Å². The van der Waals surface area contributed by atoms with E-state index < -0.39 is 40.8 Å². The summed E-state index contributed by atoms with van der Waals surface area (Å²) in [7, 11) is -1.34. The molecule has 8 N–H and O–H groups in total. The van der Waals surface area contributed by atoms with Crippen molar-refractivity contribution in [3.8, 4) is 0 Å². The molecule has 2 rings (SSSR count). The summed E-state index contributed by atoms with van der Waals surface area (Å²) in [5.41, 5.74) is -0.895. The Balaban J connectivity index is 0. The zero-order chi connectivity index (χ0) is 18.3. The molecule has 0 aliphatic carbocycles. The first-order chi connectivity index (χ1) is 11.2. The molecule has 0 unspecified atom stereocenters. The molecule has 2 aromatic rings. The van der Waals surface area contributed by atoms with E-state index in [2.05, 4.69) is 0 Å². The van der Waals surface area contributed by atoms with Gasteiger partial charge < -0.3 is 31.2 Å². The molecule has 0 atom stereocenters. The van der Waals surface area contributed by atoms with Gasteiger partial charge >= 0.3 is 19.1 Å². The van der Waals surface area contributed by atoms with E-state index in [0.717, 1.165) is 18.2 Å². The number of nitrogens with zero attached hydrogens (tertiary/aromatic N) is 1. The van der Waals surface area contributed by atoms with Crippen LogP contribution in [0.2, 0.25) is 0 Å². The average molecular weight is 369 g/mol. The highest BCUT2D eigenvalue weighted by Crippen LogP contribution is 2.17. The van der Waals surface area contributed by atoms with Gasteiger partial charge in [-0.1, -0.05) is 30.3 Å². The van der Waals surface area contributed by atoms with Gasteiger partial charge in [0.2, 0.25) is 0 Å². The second-order valence-electron chi connectivity index (χ2n) is 4.42. The number of benzene rings is 2. The van der Waals surface area contributed by atoms with Gasteiger partial charge in [-0.15, -0.1) is 0 Å². The monoisotopic (exact) mass is 369 g/mol. The van der Waals surface area contributed by atoms with Crippen molar-refractivity contribution in [3.05, 3.63) is 69.8 Å². The Labute approximate surface area is 146 Å². The molecule has 0 heterocycles. The minimum absolute atomic E-state index is 0. The highest BCUT2D eigenvalue weighted by molar-refractivity contribution is 6.58. The number of non-ortho nitro benzene ring substituents is 1. The summed E-state index contributed by atoms with van der Waals surface area (Å²) in [6.45, 7) is 0. The zero-order valence-electron chi connectivity index (χ0n) is 13.1. The third-order valence-corrected chi connectivity index (χ3v) is 2.72. The van der Waals surface area contributed by atoms with Crippen molar-refractivity contribution in [1.29, 1.82) is 0 Å². The second-order valence-corrected chi connectivity index (χ2v) is 4.42. The molecule has 0 saturated heterocycles. The zero-order valence-corrected chi connectivity index (χ0v) is 13.1. The standard InChI is InChI=1S/C8H5NO6.C6H7BO2.2H2O/c10-7(11)4-1-5(8(12)13)3-6(2-4)9(14)15;8-7(9)6-4-2-1-3-5-6;;/h1-3H,(H,10,11)(H,12,13);1-5,8-9H;2*1H2. The van der Waals surface area contributed by atoms with Crippen LogP contribution in [0.5, 0.6) is 0 Å². The number of hydrogen-bond donors (Lipinski definition) is 4. The minimum atomic E-state index is -1.42. The number of hydrogen-bond acceptors (Lipinski definition) is 6. The summed E-state index contributed by atoms with van der Waals surface area (Å²) >= 11 is 0. The van der Waals surface area contributed by atoms with E-state index in [9.17, 15) is 19.7 Å². The van der Waals surface area contributed by atoms with Gasteiger partial charge in [-0.25, -0.2) is 9.59 Å².